The summed E-state index contributed by atoms with van der Waals surface area (Å²) in [5.41, 5.74) is 1.77. The first-order valence-electron chi connectivity index (χ1n) is 12.6. The fourth-order valence-corrected chi connectivity index (χ4v) is 8.41. The van der Waals surface area contributed by atoms with Crippen molar-refractivity contribution in [3.05, 3.63) is 11.6 Å². The molecule has 0 unspecified atom stereocenters. The van der Waals surface area contributed by atoms with Crippen molar-refractivity contribution >= 4 is 5.78 Å². The van der Waals surface area contributed by atoms with Crippen molar-refractivity contribution in [2.45, 2.75) is 105 Å². The van der Waals surface area contributed by atoms with Crippen LogP contribution in [0.1, 0.15) is 98.8 Å². The number of carbonyl (C=O) groups excluding carboxylic acids is 1. The van der Waals surface area contributed by atoms with E-state index in [0.717, 1.165) is 37.0 Å². The lowest BCUT2D eigenvalue weighted by Crippen LogP contribution is -2.53. The maximum absolute atomic E-state index is 13.4. The van der Waals surface area contributed by atoms with Gasteiger partial charge >= 0.3 is 0 Å². The highest BCUT2D eigenvalue weighted by Gasteiger charge is 2.61. The number of hydrogen-bond donors (Lipinski definition) is 1. The van der Waals surface area contributed by atoms with Crippen LogP contribution in [0.5, 0.6) is 0 Å². The summed E-state index contributed by atoms with van der Waals surface area (Å²) in [5.74, 6) is 4.11. The molecule has 0 amide bonds. The van der Waals surface area contributed by atoms with E-state index in [4.69, 9.17) is 0 Å². The van der Waals surface area contributed by atoms with Crippen molar-refractivity contribution in [1.82, 2.24) is 0 Å². The second-order valence-corrected chi connectivity index (χ2v) is 12.2. The lowest BCUT2D eigenvalue weighted by Gasteiger charge is -2.57. The van der Waals surface area contributed by atoms with Gasteiger partial charge in [0.2, 0.25) is 0 Å². The van der Waals surface area contributed by atoms with E-state index in [-0.39, 0.29) is 17.4 Å². The molecule has 164 valence electrons. The summed E-state index contributed by atoms with van der Waals surface area (Å²) < 4.78 is 0. The van der Waals surface area contributed by atoms with E-state index in [1.165, 1.54) is 50.5 Å². The third-order valence-electron chi connectivity index (χ3n) is 10.1. The predicted octanol–water partition coefficient (Wildman–Crippen LogP) is 6.57. The van der Waals surface area contributed by atoms with Crippen molar-refractivity contribution < 1.29 is 9.90 Å². The third-order valence-corrected chi connectivity index (χ3v) is 10.1. The summed E-state index contributed by atoms with van der Waals surface area (Å²) in [5, 5.41) is 10.2. The van der Waals surface area contributed by atoms with Crippen LogP contribution < -0.4 is 0 Å². The number of carbonyl (C=O) groups is 1. The second-order valence-electron chi connectivity index (χ2n) is 12.2. The van der Waals surface area contributed by atoms with Gasteiger partial charge in [-0.2, -0.15) is 0 Å². The largest absolute Gasteiger partial charge is 0.393 e. The molecular weight excluding hydrogens is 356 g/mol. The van der Waals surface area contributed by atoms with E-state index in [9.17, 15) is 9.90 Å². The molecule has 2 heteroatoms. The van der Waals surface area contributed by atoms with E-state index < -0.39 is 0 Å². The number of rotatable bonds is 5. The van der Waals surface area contributed by atoms with E-state index in [1.807, 2.05) is 6.08 Å². The zero-order valence-corrected chi connectivity index (χ0v) is 19.5. The van der Waals surface area contributed by atoms with Crippen LogP contribution in [-0.4, -0.2) is 17.0 Å². The topological polar surface area (TPSA) is 37.3 Å². The van der Waals surface area contributed by atoms with Gasteiger partial charge in [-0.05, 0) is 91.4 Å². The van der Waals surface area contributed by atoms with Crippen molar-refractivity contribution in [3.63, 3.8) is 0 Å². The molecule has 4 aliphatic carbocycles. The highest BCUT2D eigenvalue weighted by molar-refractivity contribution is 5.94. The fraction of sp³-hybridized carbons (Fsp3) is 0.889. The lowest BCUT2D eigenvalue weighted by atomic mass is 9.46. The molecule has 0 aromatic heterocycles. The fourth-order valence-electron chi connectivity index (χ4n) is 8.41. The standard InChI is InChI=1S/C27H44O2/c1-17(2)7-6-8-18(3)21-9-10-22-25-23(12-14-27(21,22)5)26(4)13-11-20(28)15-19(26)16-24(25)29/h16-18,20-23,25,28H,6-15H2,1-5H3/t18-,20+,21-,22+,23-,25-,26-,27+/m0/s1. The Bertz CT molecular complexity index is 663. The number of fused-ring (bicyclic) bond motifs is 5. The molecule has 8 atom stereocenters. The van der Waals surface area contributed by atoms with Gasteiger partial charge in [-0.1, -0.05) is 59.5 Å². The first kappa shape index (κ1) is 21.6. The molecule has 1 N–H and O–H groups in total. The summed E-state index contributed by atoms with van der Waals surface area (Å²) >= 11 is 0. The molecule has 3 fully saturated rings. The Balaban J connectivity index is 1.54. The van der Waals surface area contributed by atoms with Gasteiger partial charge in [0, 0.05) is 5.92 Å². The smallest absolute Gasteiger partial charge is 0.159 e. The quantitative estimate of drug-likeness (QED) is 0.567. The number of hydrogen-bond acceptors (Lipinski definition) is 2. The molecule has 2 nitrogen and oxygen atoms in total. The number of allylic oxidation sites excluding steroid dienone is 1. The van der Waals surface area contributed by atoms with Crippen LogP contribution in [0.15, 0.2) is 11.6 Å². The summed E-state index contributed by atoms with van der Waals surface area (Å²) in [4.78, 5) is 13.4. The minimum absolute atomic E-state index is 0.153. The molecule has 29 heavy (non-hydrogen) atoms. The van der Waals surface area contributed by atoms with E-state index in [0.29, 0.717) is 23.0 Å². The van der Waals surface area contributed by atoms with Gasteiger partial charge in [0.05, 0.1) is 6.10 Å². The van der Waals surface area contributed by atoms with Gasteiger partial charge in [0.25, 0.3) is 0 Å². The van der Waals surface area contributed by atoms with Crippen molar-refractivity contribution in [1.29, 1.82) is 0 Å². The van der Waals surface area contributed by atoms with E-state index in [2.05, 4.69) is 34.6 Å². The molecule has 0 heterocycles. The Morgan fingerprint density at radius 1 is 1.03 bits per heavy atom. The van der Waals surface area contributed by atoms with Gasteiger partial charge in [-0.3, -0.25) is 4.79 Å². The van der Waals surface area contributed by atoms with Crippen LogP contribution in [0.4, 0.5) is 0 Å². The predicted molar refractivity (Wildman–Crippen MR) is 119 cm³/mol. The molecule has 0 spiro atoms. The zero-order chi connectivity index (χ0) is 21.0. The van der Waals surface area contributed by atoms with E-state index >= 15 is 0 Å². The molecular formula is C27H44O2. The molecule has 0 saturated heterocycles. The van der Waals surface area contributed by atoms with Gasteiger partial charge in [0.15, 0.2) is 5.78 Å². The summed E-state index contributed by atoms with van der Waals surface area (Å²) in [7, 11) is 0. The number of aliphatic hydroxyl groups excluding tert-OH is 1. The average Bonchev–Trinajstić information content (AvgIpc) is 3.00. The highest BCUT2D eigenvalue weighted by Crippen LogP contribution is 2.66. The Hall–Kier alpha value is -0.630. The Morgan fingerprint density at radius 2 is 1.79 bits per heavy atom. The zero-order valence-electron chi connectivity index (χ0n) is 19.5. The van der Waals surface area contributed by atoms with Crippen LogP contribution in [0.25, 0.3) is 0 Å². The normalized spacial score (nSPS) is 45.4. The molecule has 4 rings (SSSR count). The minimum Gasteiger partial charge on any atom is -0.393 e. The third kappa shape index (κ3) is 3.56. The van der Waals surface area contributed by atoms with Crippen LogP contribution >= 0.6 is 0 Å². The number of aliphatic hydroxyl groups is 1. The maximum Gasteiger partial charge on any atom is 0.159 e. The summed E-state index contributed by atoms with van der Waals surface area (Å²) in [6, 6.07) is 0. The highest BCUT2D eigenvalue weighted by atomic mass is 16.3. The van der Waals surface area contributed by atoms with Gasteiger partial charge in [-0.15, -0.1) is 0 Å². The SMILES string of the molecule is CC(C)CCC[C@H](C)[C@@H]1CC[C@@H]2[C@@H]3C(=O)C=C4C[C@H](O)CC[C@]4(C)[C@H]3CC[C@@]21C. The molecule has 0 aromatic carbocycles. The Morgan fingerprint density at radius 3 is 2.52 bits per heavy atom. The maximum atomic E-state index is 13.4. The molecule has 0 aromatic rings. The lowest BCUT2D eigenvalue weighted by molar-refractivity contribution is -0.135. The van der Waals surface area contributed by atoms with Crippen LogP contribution in [-0.2, 0) is 4.79 Å². The van der Waals surface area contributed by atoms with Crippen molar-refractivity contribution in [3.8, 4) is 0 Å². The van der Waals surface area contributed by atoms with Gasteiger partial charge in [-0.25, -0.2) is 0 Å². The first-order valence-corrected chi connectivity index (χ1v) is 12.6. The van der Waals surface area contributed by atoms with Gasteiger partial charge in [0.1, 0.15) is 0 Å². The Kier molecular flexibility index (Phi) is 5.82. The molecule has 0 radical (unpaired) electrons. The van der Waals surface area contributed by atoms with Crippen LogP contribution in [0.3, 0.4) is 0 Å². The first-order chi connectivity index (χ1) is 13.7. The summed E-state index contributed by atoms with van der Waals surface area (Å²) in [6.45, 7) is 12.1. The van der Waals surface area contributed by atoms with Crippen LogP contribution in [0.2, 0.25) is 0 Å². The summed E-state index contributed by atoms with van der Waals surface area (Å²) in [6.07, 6.45) is 13.6. The minimum atomic E-state index is -0.241. The molecule has 4 aliphatic rings. The van der Waals surface area contributed by atoms with Crippen LogP contribution in [0, 0.1) is 46.3 Å². The monoisotopic (exact) mass is 400 g/mol. The van der Waals surface area contributed by atoms with E-state index in [1.54, 1.807) is 0 Å². The molecule has 0 bridgehead atoms. The molecule has 0 aliphatic heterocycles. The van der Waals surface area contributed by atoms with Crippen molar-refractivity contribution in [2.24, 2.45) is 46.3 Å². The average molecular weight is 401 g/mol. The second kappa shape index (κ2) is 7.81. The number of ketones is 1. The van der Waals surface area contributed by atoms with Gasteiger partial charge < -0.3 is 5.11 Å². The Labute approximate surface area is 178 Å². The van der Waals surface area contributed by atoms with Crippen molar-refractivity contribution in [2.75, 3.05) is 0 Å². The molecule has 3 saturated carbocycles.